The van der Waals surface area contributed by atoms with E-state index in [-0.39, 0.29) is 11.6 Å². The van der Waals surface area contributed by atoms with Crippen molar-refractivity contribution in [2.45, 2.75) is 25.9 Å². The summed E-state index contributed by atoms with van der Waals surface area (Å²) < 4.78 is 27.3. The van der Waals surface area contributed by atoms with Crippen molar-refractivity contribution in [3.8, 4) is 0 Å². The molecule has 0 radical (unpaired) electrons. The average Bonchev–Trinajstić information content (AvgIpc) is 2.39. The molecule has 2 rings (SSSR count). The van der Waals surface area contributed by atoms with Gasteiger partial charge in [-0.3, -0.25) is 4.98 Å². The van der Waals surface area contributed by atoms with Crippen molar-refractivity contribution in [1.29, 1.82) is 0 Å². The van der Waals surface area contributed by atoms with Gasteiger partial charge in [-0.05, 0) is 37.6 Å². The number of hydrogen-bond acceptors (Lipinski definition) is 2. The van der Waals surface area contributed by atoms with Crippen molar-refractivity contribution in [3.63, 3.8) is 0 Å². The number of hydrogen-bond donors (Lipinski definition) is 1. The van der Waals surface area contributed by atoms with E-state index in [1.54, 1.807) is 19.3 Å². The van der Waals surface area contributed by atoms with Gasteiger partial charge >= 0.3 is 0 Å². The van der Waals surface area contributed by atoms with Crippen LogP contribution in [0, 0.1) is 11.6 Å². The fraction of sp³-hybridized carbons (Fsp3) is 0.267. The molecule has 0 spiro atoms. The van der Waals surface area contributed by atoms with Gasteiger partial charge in [0.1, 0.15) is 11.6 Å². The smallest absolute Gasteiger partial charge is 0.130 e. The largest absolute Gasteiger partial charge is 0.303 e. The molecule has 1 aromatic heterocycles. The summed E-state index contributed by atoms with van der Waals surface area (Å²) in [5.74, 6) is -1.06. The summed E-state index contributed by atoms with van der Waals surface area (Å²) in [6, 6.07) is 7.21. The van der Waals surface area contributed by atoms with Crippen LogP contribution in [0.4, 0.5) is 8.78 Å². The molecule has 0 aliphatic carbocycles. The fourth-order valence-electron chi connectivity index (χ4n) is 2.11. The lowest BCUT2D eigenvalue weighted by atomic mass is 10.0. The van der Waals surface area contributed by atoms with Gasteiger partial charge in [-0.25, -0.2) is 8.78 Å². The molecule has 0 saturated heterocycles. The van der Waals surface area contributed by atoms with Crippen LogP contribution in [0.15, 0.2) is 42.7 Å². The molecule has 2 aromatic rings. The first-order chi connectivity index (χ1) is 9.09. The van der Waals surface area contributed by atoms with Crippen LogP contribution in [0.5, 0.6) is 0 Å². The Labute approximate surface area is 111 Å². The first-order valence-corrected chi connectivity index (χ1v) is 6.19. The number of nitrogens with zero attached hydrogens (tertiary/aromatic N) is 1. The van der Waals surface area contributed by atoms with Crippen LogP contribution in [-0.4, -0.2) is 4.98 Å². The molecule has 0 bridgehead atoms. The molecule has 2 atom stereocenters. The van der Waals surface area contributed by atoms with E-state index in [0.29, 0.717) is 0 Å². The predicted molar refractivity (Wildman–Crippen MR) is 70.6 cm³/mol. The van der Waals surface area contributed by atoms with Crippen LogP contribution in [0.25, 0.3) is 0 Å². The molecule has 100 valence electrons. The first kappa shape index (κ1) is 13.6. The van der Waals surface area contributed by atoms with Gasteiger partial charge in [-0.15, -0.1) is 0 Å². The summed E-state index contributed by atoms with van der Waals surface area (Å²) in [4.78, 5) is 4.03. The molecule has 19 heavy (non-hydrogen) atoms. The number of nitrogens with one attached hydrogen (secondary N) is 1. The quantitative estimate of drug-likeness (QED) is 0.907. The maximum absolute atomic E-state index is 13.7. The number of halogens is 2. The van der Waals surface area contributed by atoms with Crippen LogP contribution in [-0.2, 0) is 0 Å². The van der Waals surface area contributed by atoms with Gasteiger partial charge in [0.25, 0.3) is 0 Å². The second-order valence-corrected chi connectivity index (χ2v) is 4.53. The van der Waals surface area contributed by atoms with Crippen LogP contribution >= 0.6 is 0 Å². The third-order valence-corrected chi connectivity index (χ3v) is 3.12. The topological polar surface area (TPSA) is 24.9 Å². The van der Waals surface area contributed by atoms with Gasteiger partial charge in [0.05, 0.1) is 0 Å². The molecule has 1 aromatic carbocycles. The third kappa shape index (κ3) is 3.15. The van der Waals surface area contributed by atoms with Gasteiger partial charge in [0, 0.05) is 30.0 Å². The van der Waals surface area contributed by atoms with E-state index in [9.17, 15) is 8.78 Å². The number of benzene rings is 1. The molecule has 4 heteroatoms. The highest BCUT2D eigenvalue weighted by Gasteiger charge is 2.18. The van der Waals surface area contributed by atoms with E-state index >= 15 is 0 Å². The minimum Gasteiger partial charge on any atom is -0.303 e. The highest BCUT2D eigenvalue weighted by Crippen LogP contribution is 2.23. The standard InChI is InChI=1S/C15H16F2N2/c1-10(12-5-4-8-18-9-12)19-11(2)15-13(16)6-3-7-14(15)17/h3-11,19H,1-2H3/t10-,11?/m0/s1. The molecule has 0 amide bonds. The SMILES string of the molecule is CC(N[C@@H](C)c1cccnc1)c1c(F)cccc1F. The van der Waals surface area contributed by atoms with E-state index < -0.39 is 17.7 Å². The maximum atomic E-state index is 13.7. The Morgan fingerprint density at radius 2 is 1.68 bits per heavy atom. The van der Waals surface area contributed by atoms with Gasteiger partial charge in [0.2, 0.25) is 0 Å². The van der Waals surface area contributed by atoms with Gasteiger partial charge in [-0.1, -0.05) is 12.1 Å². The normalized spacial score (nSPS) is 14.1. The zero-order chi connectivity index (χ0) is 13.8. The van der Waals surface area contributed by atoms with Crippen LogP contribution in [0.2, 0.25) is 0 Å². The van der Waals surface area contributed by atoms with E-state index in [2.05, 4.69) is 10.3 Å². The van der Waals surface area contributed by atoms with Crippen molar-refractivity contribution in [3.05, 3.63) is 65.5 Å². The zero-order valence-corrected chi connectivity index (χ0v) is 10.9. The summed E-state index contributed by atoms with van der Waals surface area (Å²) >= 11 is 0. The van der Waals surface area contributed by atoms with Crippen LogP contribution < -0.4 is 5.32 Å². The number of pyridine rings is 1. The lowest BCUT2D eigenvalue weighted by Crippen LogP contribution is -2.24. The Hall–Kier alpha value is -1.81. The zero-order valence-electron chi connectivity index (χ0n) is 10.9. The van der Waals surface area contributed by atoms with Gasteiger partial charge in [-0.2, -0.15) is 0 Å². The molecular formula is C15H16F2N2. The van der Waals surface area contributed by atoms with Crippen molar-refractivity contribution in [2.75, 3.05) is 0 Å². The monoisotopic (exact) mass is 262 g/mol. The lowest BCUT2D eigenvalue weighted by Gasteiger charge is -2.21. The minimum atomic E-state index is -0.529. The molecule has 0 aliphatic heterocycles. The summed E-state index contributed by atoms with van der Waals surface area (Å²) in [5, 5.41) is 3.17. The van der Waals surface area contributed by atoms with Crippen LogP contribution in [0.1, 0.15) is 37.1 Å². The molecule has 0 aliphatic rings. The van der Waals surface area contributed by atoms with Gasteiger partial charge < -0.3 is 5.32 Å². The first-order valence-electron chi connectivity index (χ1n) is 6.19. The molecule has 1 unspecified atom stereocenters. The molecule has 2 nitrogen and oxygen atoms in total. The maximum Gasteiger partial charge on any atom is 0.130 e. The lowest BCUT2D eigenvalue weighted by molar-refractivity contribution is 0.449. The van der Waals surface area contributed by atoms with E-state index in [4.69, 9.17) is 0 Å². The second kappa shape index (κ2) is 5.89. The van der Waals surface area contributed by atoms with Gasteiger partial charge in [0.15, 0.2) is 0 Å². The summed E-state index contributed by atoms with van der Waals surface area (Å²) in [7, 11) is 0. The predicted octanol–water partition coefficient (Wildman–Crippen LogP) is 3.77. The Morgan fingerprint density at radius 1 is 1.00 bits per heavy atom. The van der Waals surface area contributed by atoms with Crippen molar-refractivity contribution >= 4 is 0 Å². The van der Waals surface area contributed by atoms with E-state index in [0.717, 1.165) is 5.56 Å². The molecule has 1 heterocycles. The Bertz CT molecular complexity index is 523. The summed E-state index contributed by atoms with van der Waals surface area (Å²) in [6.07, 6.45) is 3.43. The number of rotatable bonds is 4. The van der Waals surface area contributed by atoms with E-state index in [1.165, 1.54) is 18.2 Å². The highest BCUT2D eigenvalue weighted by atomic mass is 19.1. The van der Waals surface area contributed by atoms with Crippen molar-refractivity contribution < 1.29 is 8.78 Å². The minimum absolute atomic E-state index is 0.0392. The fourth-order valence-corrected chi connectivity index (χ4v) is 2.11. The highest BCUT2D eigenvalue weighted by molar-refractivity contribution is 5.23. The third-order valence-electron chi connectivity index (χ3n) is 3.12. The summed E-state index contributed by atoms with van der Waals surface area (Å²) in [5.41, 5.74) is 1.05. The second-order valence-electron chi connectivity index (χ2n) is 4.53. The molecule has 1 N–H and O–H groups in total. The van der Waals surface area contributed by atoms with Crippen molar-refractivity contribution in [1.82, 2.24) is 10.3 Å². The molecule has 0 fully saturated rings. The van der Waals surface area contributed by atoms with Crippen molar-refractivity contribution in [2.24, 2.45) is 0 Å². The average molecular weight is 262 g/mol. The van der Waals surface area contributed by atoms with E-state index in [1.807, 2.05) is 19.1 Å². The molecule has 0 saturated carbocycles. The Balaban J connectivity index is 2.15. The number of aromatic nitrogens is 1. The summed E-state index contributed by atoms with van der Waals surface area (Å²) in [6.45, 7) is 3.68. The Morgan fingerprint density at radius 3 is 2.26 bits per heavy atom. The Kier molecular flexibility index (Phi) is 4.22. The van der Waals surface area contributed by atoms with Crippen LogP contribution in [0.3, 0.4) is 0 Å². The molecular weight excluding hydrogens is 246 g/mol.